The first-order valence-corrected chi connectivity index (χ1v) is 8.59. The number of pyridine rings is 1. The van der Waals surface area contributed by atoms with E-state index in [0.717, 1.165) is 27.1 Å². The van der Waals surface area contributed by atoms with Crippen LogP contribution in [0, 0.1) is 0 Å². The summed E-state index contributed by atoms with van der Waals surface area (Å²) in [5, 5.41) is 2.93. The Hall–Kier alpha value is -2.92. The summed E-state index contributed by atoms with van der Waals surface area (Å²) in [6.07, 6.45) is 3.94. The molecule has 25 heavy (non-hydrogen) atoms. The Kier molecular flexibility index (Phi) is 4.07. The van der Waals surface area contributed by atoms with E-state index in [-0.39, 0.29) is 5.91 Å². The first kappa shape index (κ1) is 15.6. The third-order valence-corrected chi connectivity index (χ3v) is 4.36. The molecule has 1 amide bonds. The molecule has 0 saturated carbocycles. The van der Waals surface area contributed by atoms with Crippen molar-refractivity contribution >= 4 is 33.2 Å². The maximum absolute atomic E-state index is 12.4. The Balaban J connectivity index is 1.62. The van der Waals surface area contributed by atoms with Crippen LogP contribution in [0.3, 0.4) is 0 Å². The van der Waals surface area contributed by atoms with E-state index >= 15 is 0 Å². The van der Waals surface area contributed by atoms with Crippen LogP contribution in [0.25, 0.3) is 16.9 Å². The van der Waals surface area contributed by atoms with E-state index in [4.69, 9.17) is 0 Å². The van der Waals surface area contributed by atoms with E-state index in [2.05, 4.69) is 26.2 Å². The van der Waals surface area contributed by atoms with Crippen molar-refractivity contribution in [2.24, 2.45) is 0 Å². The highest BCUT2D eigenvalue weighted by Crippen LogP contribution is 2.23. The van der Waals surface area contributed by atoms with Crippen LogP contribution >= 0.6 is 15.9 Å². The van der Waals surface area contributed by atoms with Gasteiger partial charge in [-0.25, -0.2) is 4.98 Å². The predicted octanol–water partition coefficient (Wildman–Crippen LogP) is 5.02. The maximum atomic E-state index is 12.4. The fraction of sp³-hybridized carbons (Fsp3) is 0. The lowest BCUT2D eigenvalue weighted by atomic mass is 10.1. The van der Waals surface area contributed by atoms with Gasteiger partial charge in [0.1, 0.15) is 5.65 Å². The van der Waals surface area contributed by atoms with Crippen molar-refractivity contribution < 1.29 is 4.79 Å². The second-order valence-corrected chi connectivity index (χ2v) is 6.55. The average Bonchev–Trinajstić information content (AvgIpc) is 3.06. The standard InChI is InChI=1S/C20H14BrN3O/c21-16-7-3-6-15(11-16)20(25)22-17-8-4-5-14(12-17)18-13-24-10-2-1-9-19(24)23-18/h1-13H,(H,22,25). The zero-order chi connectivity index (χ0) is 17.2. The molecule has 0 aliphatic heterocycles. The number of halogens is 1. The smallest absolute Gasteiger partial charge is 0.255 e. The number of carbonyl (C=O) groups is 1. The van der Waals surface area contributed by atoms with Gasteiger partial charge in [-0.2, -0.15) is 0 Å². The van der Waals surface area contributed by atoms with Gasteiger partial charge in [0.15, 0.2) is 0 Å². The lowest BCUT2D eigenvalue weighted by Crippen LogP contribution is -2.11. The van der Waals surface area contributed by atoms with Crippen molar-refractivity contribution in [1.82, 2.24) is 9.38 Å². The lowest BCUT2D eigenvalue weighted by Gasteiger charge is -2.07. The molecular formula is C20H14BrN3O. The van der Waals surface area contributed by atoms with Crippen LogP contribution in [0.2, 0.25) is 0 Å². The van der Waals surface area contributed by atoms with Gasteiger partial charge >= 0.3 is 0 Å². The molecule has 0 saturated heterocycles. The molecule has 122 valence electrons. The van der Waals surface area contributed by atoms with Crippen molar-refractivity contribution in [2.75, 3.05) is 5.32 Å². The predicted molar refractivity (Wildman–Crippen MR) is 103 cm³/mol. The first-order valence-electron chi connectivity index (χ1n) is 7.80. The molecule has 2 aromatic heterocycles. The molecule has 4 rings (SSSR count). The minimum atomic E-state index is -0.145. The summed E-state index contributed by atoms with van der Waals surface area (Å²) >= 11 is 3.38. The second-order valence-electron chi connectivity index (χ2n) is 5.64. The van der Waals surface area contributed by atoms with Crippen molar-refractivity contribution in [1.29, 1.82) is 0 Å². The largest absolute Gasteiger partial charge is 0.322 e. The molecule has 0 aliphatic rings. The SMILES string of the molecule is O=C(Nc1cccc(-c2cn3ccccc3n2)c1)c1cccc(Br)c1. The third-order valence-electron chi connectivity index (χ3n) is 3.87. The summed E-state index contributed by atoms with van der Waals surface area (Å²) in [6.45, 7) is 0. The fourth-order valence-corrected chi connectivity index (χ4v) is 3.06. The van der Waals surface area contributed by atoms with Crippen LogP contribution in [0.4, 0.5) is 5.69 Å². The molecule has 2 aromatic carbocycles. The van der Waals surface area contributed by atoms with Crippen LogP contribution in [-0.4, -0.2) is 15.3 Å². The molecule has 0 atom stereocenters. The van der Waals surface area contributed by atoms with E-state index in [1.165, 1.54) is 0 Å². The molecule has 0 fully saturated rings. The molecule has 2 heterocycles. The Morgan fingerprint density at radius 3 is 2.72 bits per heavy atom. The number of nitrogens with zero attached hydrogens (tertiary/aromatic N) is 2. The molecule has 4 aromatic rings. The molecular weight excluding hydrogens is 378 g/mol. The van der Waals surface area contributed by atoms with E-state index in [0.29, 0.717) is 5.56 Å². The van der Waals surface area contributed by atoms with Gasteiger partial charge < -0.3 is 9.72 Å². The Labute approximate surface area is 153 Å². The molecule has 0 unspecified atom stereocenters. The van der Waals surface area contributed by atoms with Gasteiger partial charge in [0, 0.05) is 33.7 Å². The molecule has 0 bridgehead atoms. The van der Waals surface area contributed by atoms with Gasteiger partial charge in [0.2, 0.25) is 0 Å². The number of benzene rings is 2. The summed E-state index contributed by atoms with van der Waals surface area (Å²) in [4.78, 5) is 17.0. The van der Waals surface area contributed by atoms with Gasteiger partial charge in [0.25, 0.3) is 5.91 Å². The van der Waals surface area contributed by atoms with Crippen molar-refractivity contribution in [3.05, 3.63) is 89.2 Å². The van der Waals surface area contributed by atoms with E-state index in [1.807, 2.05) is 71.4 Å². The zero-order valence-electron chi connectivity index (χ0n) is 13.2. The van der Waals surface area contributed by atoms with Crippen LogP contribution < -0.4 is 5.32 Å². The Morgan fingerprint density at radius 1 is 1.00 bits per heavy atom. The van der Waals surface area contributed by atoms with E-state index in [1.54, 1.807) is 12.1 Å². The minimum absolute atomic E-state index is 0.145. The zero-order valence-corrected chi connectivity index (χ0v) is 14.8. The average molecular weight is 392 g/mol. The fourth-order valence-electron chi connectivity index (χ4n) is 2.66. The third kappa shape index (κ3) is 3.32. The molecule has 0 aliphatic carbocycles. The number of anilines is 1. The topological polar surface area (TPSA) is 46.4 Å². The quantitative estimate of drug-likeness (QED) is 0.533. The molecule has 1 N–H and O–H groups in total. The monoisotopic (exact) mass is 391 g/mol. The highest BCUT2D eigenvalue weighted by molar-refractivity contribution is 9.10. The van der Waals surface area contributed by atoms with Gasteiger partial charge in [-0.1, -0.05) is 40.2 Å². The first-order chi connectivity index (χ1) is 12.2. The highest BCUT2D eigenvalue weighted by Gasteiger charge is 2.09. The lowest BCUT2D eigenvalue weighted by molar-refractivity contribution is 0.102. The van der Waals surface area contributed by atoms with Crippen molar-refractivity contribution in [2.45, 2.75) is 0 Å². The van der Waals surface area contributed by atoms with E-state index < -0.39 is 0 Å². The van der Waals surface area contributed by atoms with Crippen molar-refractivity contribution in [3.8, 4) is 11.3 Å². The molecule has 4 nitrogen and oxygen atoms in total. The minimum Gasteiger partial charge on any atom is -0.322 e. The van der Waals surface area contributed by atoms with Crippen LogP contribution in [-0.2, 0) is 0 Å². The summed E-state index contributed by atoms with van der Waals surface area (Å²) in [7, 11) is 0. The second kappa shape index (κ2) is 6.53. The van der Waals surface area contributed by atoms with Gasteiger partial charge in [-0.3, -0.25) is 4.79 Å². The number of nitrogens with one attached hydrogen (secondary N) is 1. The van der Waals surface area contributed by atoms with Gasteiger partial charge in [0.05, 0.1) is 5.69 Å². The number of rotatable bonds is 3. The van der Waals surface area contributed by atoms with Crippen LogP contribution in [0.1, 0.15) is 10.4 Å². The summed E-state index contributed by atoms with van der Waals surface area (Å²) in [6, 6.07) is 20.9. The number of aromatic nitrogens is 2. The normalized spacial score (nSPS) is 10.8. The number of fused-ring (bicyclic) bond motifs is 1. The molecule has 5 heteroatoms. The number of imidazole rings is 1. The summed E-state index contributed by atoms with van der Waals surface area (Å²) in [5.41, 5.74) is 4.05. The number of carbonyl (C=O) groups excluding carboxylic acids is 1. The Morgan fingerprint density at radius 2 is 1.88 bits per heavy atom. The van der Waals surface area contributed by atoms with Gasteiger partial charge in [-0.15, -0.1) is 0 Å². The summed E-state index contributed by atoms with van der Waals surface area (Å²) < 4.78 is 2.85. The summed E-state index contributed by atoms with van der Waals surface area (Å²) in [5.74, 6) is -0.145. The molecule has 0 spiro atoms. The number of amides is 1. The van der Waals surface area contributed by atoms with Crippen LogP contribution in [0.15, 0.2) is 83.6 Å². The molecule has 0 radical (unpaired) electrons. The maximum Gasteiger partial charge on any atom is 0.255 e. The number of hydrogen-bond acceptors (Lipinski definition) is 2. The van der Waals surface area contributed by atoms with Crippen LogP contribution in [0.5, 0.6) is 0 Å². The number of hydrogen-bond donors (Lipinski definition) is 1. The highest BCUT2D eigenvalue weighted by atomic mass is 79.9. The van der Waals surface area contributed by atoms with Crippen molar-refractivity contribution in [3.63, 3.8) is 0 Å². The van der Waals surface area contributed by atoms with Gasteiger partial charge in [-0.05, 0) is 42.5 Å². The Bertz CT molecular complexity index is 1040. The van der Waals surface area contributed by atoms with E-state index in [9.17, 15) is 4.79 Å².